The summed E-state index contributed by atoms with van der Waals surface area (Å²) in [7, 11) is -3.86. The summed E-state index contributed by atoms with van der Waals surface area (Å²) < 4.78 is 36.5. The largest absolute Gasteiger partial charge is 0.444 e. The third-order valence-electron chi connectivity index (χ3n) is 4.40. The SMILES string of the molecule is Cc1cccc(CS(=O)(=O)c2nnc([C@@H](Cc3ccccc3)NC(=O)OC(C)(C)C)o2)c1. The zero-order valence-electron chi connectivity index (χ0n) is 18.5. The number of rotatable bonds is 7. The van der Waals surface area contributed by atoms with E-state index in [0.717, 1.165) is 11.1 Å². The Hall–Kier alpha value is -3.20. The van der Waals surface area contributed by atoms with Gasteiger partial charge < -0.3 is 14.5 Å². The van der Waals surface area contributed by atoms with Crippen molar-refractivity contribution in [3.8, 4) is 0 Å². The highest BCUT2D eigenvalue weighted by Crippen LogP contribution is 2.22. The molecule has 0 aliphatic carbocycles. The molecule has 0 fully saturated rings. The van der Waals surface area contributed by atoms with E-state index < -0.39 is 32.8 Å². The van der Waals surface area contributed by atoms with Crippen LogP contribution >= 0.6 is 0 Å². The van der Waals surface area contributed by atoms with Gasteiger partial charge in [0, 0.05) is 6.42 Å². The summed E-state index contributed by atoms with van der Waals surface area (Å²) in [6, 6.07) is 15.8. The number of benzene rings is 2. The standard InChI is InChI=1S/C23H27N3O5S/c1-16-9-8-12-18(13-16)15-32(28,29)22-26-25-20(30-22)19(14-17-10-6-5-7-11-17)24-21(27)31-23(2,3)4/h5-13,19H,14-15H2,1-4H3,(H,24,27)/t19-/m1/s1. The molecule has 0 unspecified atom stereocenters. The highest BCUT2D eigenvalue weighted by atomic mass is 32.2. The minimum atomic E-state index is -3.86. The van der Waals surface area contributed by atoms with Crippen LogP contribution in [-0.2, 0) is 26.7 Å². The Kier molecular flexibility index (Phi) is 6.98. The molecule has 1 N–H and O–H groups in total. The van der Waals surface area contributed by atoms with Crippen molar-refractivity contribution in [1.29, 1.82) is 0 Å². The average Bonchev–Trinajstić information content (AvgIpc) is 3.18. The predicted molar refractivity (Wildman–Crippen MR) is 119 cm³/mol. The van der Waals surface area contributed by atoms with E-state index in [9.17, 15) is 13.2 Å². The molecule has 0 aliphatic rings. The minimum absolute atomic E-state index is 0.0115. The van der Waals surface area contributed by atoms with Gasteiger partial charge in [-0.1, -0.05) is 65.3 Å². The van der Waals surface area contributed by atoms with Crippen LogP contribution in [-0.4, -0.2) is 30.3 Å². The maximum atomic E-state index is 12.8. The Bertz CT molecular complexity index is 1170. The molecule has 1 aromatic heterocycles. The van der Waals surface area contributed by atoms with E-state index in [-0.39, 0.29) is 11.6 Å². The van der Waals surface area contributed by atoms with Crippen LogP contribution in [0, 0.1) is 6.92 Å². The number of aromatic nitrogens is 2. The summed E-state index contributed by atoms with van der Waals surface area (Å²) in [4.78, 5) is 12.4. The lowest BCUT2D eigenvalue weighted by Gasteiger charge is -2.22. The van der Waals surface area contributed by atoms with Crippen molar-refractivity contribution >= 4 is 15.9 Å². The van der Waals surface area contributed by atoms with Crippen molar-refractivity contribution in [3.63, 3.8) is 0 Å². The highest BCUT2D eigenvalue weighted by Gasteiger charge is 2.28. The van der Waals surface area contributed by atoms with Gasteiger partial charge in [0.2, 0.25) is 15.7 Å². The van der Waals surface area contributed by atoms with E-state index in [1.807, 2.05) is 43.3 Å². The van der Waals surface area contributed by atoms with Gasteiger partial charge in [-0.3, -0.25) is 0 Å². The van der Waals surface area contributed by atoms with E-state index >= 15 is 0 Å². The van der Waals surface area contributed by atoms with E-state index in [4.69, 9.17) is 9.15 Å². The van der Waals surface area contributed by atoms with Crippen molar-refractivity contribution in [3.05, 3.63) is 77.2 Å². The van der Waals surface area contributed by atoms with E-state index in [1.54, 1.807) is 39.0 Å². The van der Waals surface area contributed by atoms with Crippen LogP contribution in [0.15, 0.2) is 64.2 Å². The fraction of sp³-hybridized carbons (Fsp3) is 0.348. The third kappa shape index (κ3) is 6.65. The minimum Gasteiger partial charge on any atom is -0.444 e. The second-order valence-electron chi connectivity index (χ2n) is 8.54. The molecule has 0 aliphatic heterocycles. The smallest absolute Gasteiger partial charge is 0.408 e. The van der Waals surface area contributed by atoms with Crippen LogP contribution in [0.2, 0.25) is 0 Å². The summed E-state index contributed by atoms with van der Waals surface area (Å²) >= 11 is 0. The zero-order chi connectivity index (χ0) is 23.4. The number of nitrogens with one attached hydrogen (secondary N) is 1. The zero-order valence-corrected chi connectivity index (χ0v) is 19.3. The molecule has 2 aromatic carbocycles. The van der Waals surface area contributed by atoms with Crippen LogP contribution in [0.4, 0.5) is 4.79 Å². The van der Waals surface area contributed by atoms with E-state index in [2.05, 4.69) is 15.5 Å². The van der Waals surface area contributed by atoms with Crippen LogP contribution in [0.5, 0.6) is 0 Å². The fourth-order valence-corrected chi connectivity index (χ4v) is 4.19. The molecule has 0 bridgehead atoms. The first kappa shape index (κ1) is 23.5. The summed E-state index contributed by atoms with van der Waals surface area (Å²) in [6.07, 6.45) is -0.347. The van der Waals surface area contributed by atoms with Gasteiger partial charge in [-0.05, 0) is 38.8 Å². The molecule has 1 amide bonds. The Morgan fingerprint density at radius 2 is 1.75 bits per heavy atom. The van der Waals surface area contributed by atoms with Crippen molar-refractivity contribution in [2.24, 2.45) is 0 Å². The summed E-state index contributed by atoms with van der Waals surface area (Å²) in [5.74, 6) is -0.276. The van der Waals surface area contributed by atoms with Gasteiger partial charge in [0.1, 0.15) is 11.6 Å². The lowest BCUT2D eigenvalue weighted by Crippen LogP contribution is -2.36. The van der Waals surface area contributed by atoms with Gasteiger partial charge in [-0.25, -0.2) is 13.2 Å². The maximum Gasteiger partial charge on any atom is 0.408 e. The van der Waals surface area contributed by atoms with Gasteiger partial charge >= 0.3 is 11.3 Å². The van der Waals surface area contributed by atoms with Gasteiger partial charge in [0.15, 0.2) is 0 Å². The third-order valence-corrected chi connectivity index (χ3v) is 5.81. The van der Waals surface area contributed by atoms with Crippen LogP contribution < -0.4 is 5.32 Å². The Morgan fingerprint density at radius 1 is 1.06 bits per heavy atom. The number of nitrogens with zero attached hydrogens (tertiary/aromatic N) is 2. The summed E-state index contributed by atoms with van der Waals surface area (Å²) in [6.45, 7) is 7.14. The molecule has 0 saturated carbocycles. The monoisotopic (exact) mass is 457 g/mol. The van der Waals surface area contributed by atoms with Gasteiger partial charge in [-0.15, -0.1) is 5.10 Å². The second kappa shape index (κ2) is 9.52. The van der Waals surface area contributed by atoms with Crippen molar-refractivity contribution < 1.29 is 22.4 Å². The van der Waals surface area contributed by atoms with Crippen molar-refractivity contribution in [1.82, 2.24) is 15.5 Å². The van der Waals surface area contributed by atoms with Crippen LogP contribution in [0.25, 0.3) is 0 Å². The topological polar surface area (TPSA) is 111 Å². The molecule has 0 radical (unpaired) electrons. The van der Waals surface area contributed by atoms with Crippen molar-refractivity contribution in [2.75, 3.05) is 0 Å². The number of aryl methyl sites for hydroxylation is 1. The molecule has 32 heavy (non-hydrogen) atoms. The molecule has 3 aromatic rings. The molecule has 1 atom stereocenters. The second-order valence-corrected chi connectivity index (χ2v) is 10.4. The lowest BCUT2D eigenvalue weighted by molar-refractivity contribution is 0.0494. The maximum absolute atomic E-state index is 12.8. The number of sulfone groups is 1. The summed E-state index contributed by atoms with van der Waals surface area (Å²) in [5, 5.41) is 9.90. The first-order chi connectivity index (χ1) is 15.0. The summed E-state index contributed by atoms with van der Waals surface area (Å²) in [5.41, 5.74) is 1.78. The molecular weight excluding hydrogens is 430 g/mol. The molecule has 170 valence electrons. The predicted octanol–water partition coefficient (Wildman–Crippen LogP) is 4.16. The number of ether oxygens (including phenoxy) is 1. The molecule has 9 heteroatoms. The van der Waals surface area contributed by atoms with Gasteiger partial charge in [0.05, 0.1) is 5.75 Å². The normalized spacial score (nSPS) is 12.9. The first-order valence-corrected chi connectivity index (χ1v) is 11.8. The highest BCUT2D eigenvalue weighted by molar-refractivity contribution is 7.90. The first-order valence-electron chi connectivity index (χ1n) is 10.2. The number of alkyl carbamates (subject to hydrolysis) is 1. The number of carbonyl (C=O) groups excluding carboxylic acids is 1. The van der Waals surface area contributed by atoms with Crippen molar-refractivity contribution in [2.45, 2.75) is 56.7 Å². The molecular formula is C23H27N3O5S. The van der Waals surface area contributed by atoms with Crippen LogP contribution in [0.3, 0.4) is 0 Å². The Morgan fingerprint density at radius 3 is 2.41 bits per heavy atom. The molecule has 8 nitrogen and oxygen atoms in total. The number of carbonyl (C=O) groups is 1. The number of hydrogen-bond acceptors (Lipinski definition) is 7. The molecule has 1 heterocycles. The Balaban J connectivity index is 1.84. The molecule has 0 saturated heterocycles. The Labute approximate surface area is 187 Å². The molecule has 0 spiro atoms. The van der Waals surface area contributed by atoms with Gasteiger partial charge in [0.25, 0.3) is 0 Å². The van der Waals surface area contributed by atoms with Gasteiger partial charge in [-0.2, -0.15) is 0 Å². The van der Waals surface area contributed by atoms with E-state index in [1.165, 1.54) is 0 Å². The average molecular weight is 458 g/mol. The van der Waals surface area contributed by atoms with E-state index in [0.29, 0.717) is 12.0 Å². The quantitative estimate of drug-likeness (QED) is 0.567. The molecule has 3 rings (SSSR count). The number of hydrogen-bond donors (Lipinski definition) is 1. The lowest BCUT2D eigenvalue weighted by atomic mass is 10.1. The fourth-order valence-electron chi connectivity index (χ4n) is 3.07. The van der Waals surface area contributed by atoms with Crippen LogP contribution in [0.1, 0.15) is 49.4 Å². The number of amides is 1.